The van der Waals surface area contributed by atoms with E-state index in [1.54, 1.807) is 12.1 Å². The molecular weight excluding hydrogens is 502 g/mol. The Morgan fingerprint density at radius 3 is 1.98 bits per heavy atom. The quantitative estimate of drug-likeness (QED) is 0.0751. The van der Waals surface area contributed by atoms with Gasteiger partial charge in [-0.2, -0.15) is 8.78 Å². The normalized spacial score (nSPS) is 16.9. The molecule has 3 aromatic carbocycles. The monoisotopic (exact) mass is 540 g/mol. The van der Waals surface area contributed by atoms with Crippen molar-refractivity contribution in [1.29, 1.82) is 0 Å². The largest absolute Gasteiger partial charge is 0.423 e. The molecule has 0 unspecified atom stereocenters. The van der Waals surface area contributed by atoms with Gasteiger partial charge in [0.1, 0.15) is 5.75 Å². The number of aryl methyl sites for hydroxylation is 2. The molecule has 0 spiro atoms. The fraction of sp³-hybridized carbons (Fsp3) is 0.306. The molecule has 0 saturated heterocycles. The van der Waals surface area contributed by atoms with E-state index >= 15 is 0 Å². The highest BCUT2D eigenvalue weighted by Crippen LogP contribution is 2.33. The van der Waals surface area contributed by atoms with Crippen LogP contribution >= 0.6 is 0 Å². The van der Waals surface area contributed by atoms with Crippen molar-refractivity contribution >= 4 is 18.1 Å². The Balaban J connectivity index is 1.22. The first-order chi connectivity index (χ1) is 19.5. The maximum absolute atomic E-state index is 12.6. The summed E-state index contributed by atoms with van der Waals surface area (Å²) in [6.45, 7) is 3.75. The van der Waals surface area contributed by atoms with Crippen molar-refractivity contribution in [2.75, 3.05) is 0 Å². The third kappa shape index (κ3) is 9.44. The number of hydrogen-bond acceptors (Lipinski definition) is 2. The van der Waals surface area contributed by atoms with E-state index in [1.807, 2.05) is 48.6 Å². The van der Waals surface area contributed by atoms with E-state index in [1.165, 1.54) is 11.1 Å². The average Bonchev–Trinajstić information content (AvgIpc) is 2.97. The summed E-state index contributed by atoms with van der Waals surface area (Å²) in [4.78, 5) is 12.6. The maximum atomic E-state index is 12.6. The fourth-order valence-electron chi connectivity index (χ4n) is 5.25. The molecule has 2 nitrogen and oxygen atoms in total. The number of carbonyl (C=O) groups is 1. The van der Waals surface area contributed by atoms with Crippen LogP contribution in [0.15, 0.2) is 97.6 Å². The van der Waals surface area contributed by atoms with Crippen molar-refractivity contribution in [3.8, 4) is 5.75 Å². The molecule has 1 saturated carbocycles. The van der Waals surface area contributed by atoms with Gasteiger partial charge in [-0.1, -0.05) is 66.8 Å². The van der Waals surface area contributed by atoms with Crippen LogP contribution < -0.4 is 4.74 Å². The SMILES string of the molecule is C=CCCCc1ccc(OC(=O)c2ccc(/C=C/c3ccc(CCC4CCC(C=C(F)F)CC4)cc3)cc2)cc1. The number of rotatable bonds is 12. The van der Waals surface area contributed by atoms with Gasteiger partial charge >= 0.3 is 5.97 Å². The first-order valence-electron chi connectivity index (χ1n) is 14.3. The lowest BCUT2D eigenvalue weighted by molar-refractivity contribution is 0.0734. The Morgan fingerprint density at radius 2 is 1.38 bits per heavy atom. The third-order valence-corrected chi connectivity index (χ3v) is 7.70. The Labute approximate surface area is 237 Å². The average molecular weight is 541 g/mol. The minimum atomic E-state index is -1.54. The highest BCUT2D eigenvalue weighted by atomic mass is 19.3. The van der Waals surface area contributed by atoms with Gasteiger partial charge in [0.05, 0.1) is 5.56 Å². The Bertz CT molecular complexity index is 1280. The molecule has 0 amide bonds. The molecule has 0 bridgehead atoms. The predicted molar refractivity (Wildman–Crippen MR) is 160 cm³/mol. The molecule has 208 valence electrons. The van der Waals surface area contributed by atoms with E-state index in [9.17, 15) is 13.6 Å². The van der Waals surface area contributed by atoms with Crippen molar-refractivity contribution in [3.05, 3.63) is 125 Å². The van der Waals surface area contributed by atoms with Crippen molar-refractivity contribution < 1.29 is 18.3 Å². The molecule has 1 aliphatic rings. The molecule has 3 aromatic rings. The van der Waals surface area contributed by atoms with Gasteiger partial charge in [-0.25, -0.2) is 4.79 Å². The topological polar surface area (TPSA) is 26.3 Å². The van der Waals surface area contributed by atoms with Gasteiger partial charge in [-0.15, -0.1) is 6.58 Å². The van der Waals surface area contributed by atoms with Crippen molar-refractivity contribution in [3.63, 3.8) is 0 Å². The van der Waals surface area contributed by atoms with Crippen LogP contribution in [-0.4, -0.2) is 5.97 Å². The summed E-state index contributed by atoms with van der Waals surface area (Å²) in [5.74, 6) is 0.854. The number of hydrogen-bond donors (Lipinski definition) is 0. The van der Waals surface area contributed by atoms with Gasteiger partial charge in [0, 0.05) is 0 Å². The maximum Gasteiger partial charge on any atom is 0.343 e. The molecule has 0 aliphatic heterocycles. The lowest BCUT2D eigenvalue weighted by Gasteiger charge is -2.26. The smallest absolute Gasteiger partial charge is 0.343 e. The first kappa shape index (κ1) is 29.2. The summed E-state index contributed by atoms with van der Waals surface area (Å²) in [6.07, 6.45) is 14.6. The third-order valence-electron chi connectivity index (χ3n) is 7.70. The van der Waals surface area contributed by atoms with Crippen molar-refractivity contribution in [2.24, 2.45) is 11.8 Å². The lowest BCUT2D eigenvalue weighted by atomic mass is 9.79. The lowest BCUT2D eigenvalue weighted by Crippen LogP contribution is -2.13. The zero-order valence-corrected chi connectivity index (χ0v) is 23.0. The zero-order chi connectivity index (χ0) is 28.2. The molecule has 0 atom stereocenters. The zero-order valence-electron chi connectivity index (χ0n) is 23.0. The summed E-state index contributed by atoms with van der Waals surface area (Å²) in [7, 11) is 0. The van der Waals surface area contributed by atoms with Crippen LogP contribution in [0, 0.1) is 11.8 Å². The van der Waals surface area contributed by atoms with Crippen LogP contribution in [0.25, 0.3) is 12.2 Å². The number of unbranched alkanes of at least 4 members (excludes halogenated alkanes) is 1. The Kier molecular flexibility index (Phi) is 11.0. The number of carbonyl (C=O) groups excluding carboxylic acids is 1. The molecule has 0 N–H and O–H groups in total. The van der Waals surface area contributed by atoms with Gasteiger partial charge < -0.3 is 4.74 Å². The minimum absolute atomic E-state index is 0.0536. The molecule has 0 heterocycles. The second-order valence-corrected chi connectivity index (χ2v) is 10.7. The van der Waals surface area contributed by atoms with Gasteiger partial charge in [0.15, 0.2) is 0 Å². The highest BCUT2D eigenvalue weighted by molar-refractivity contribution is 5.91. The number of benzene rings is 3. The molecular formula is C36H38F2O2. The van der Waals surface area contributed by atoms with Crippen LogP contribution in [0.1, 0.15) is 77.6 Å². The van der Waals surface area contributed by atoms with E-state index in [0.717, 1.165) is 75.0 Å². The van der Waals surface area contributed by atoms with Crippen molar-refractivity contribution in [2.45, 2.75) is 57.8 Å². The predicted octanol–water partition coefficient (Wildman–Crippen LogP) is 10.1. The van der Waals surface area contributed by atoms with Crippen LogP contribution in [0.5, 0.6) is 5.75 Å². The van der Waals surface area contributed by atoms with Gasteiger partial charge in [-0.05, 0) is 122 Å². The van der Waals surface area contributed by atoms with Crippen LogP contribution in [0.4, 0.5) is 8.78 Å². The van der Waals surface area contributed by atoms with Crippen molar-refractivity contribution in [1.82, 2.24) is 0 Å². The highest BCUT2D eigenvalue weighted by Gasteiger charge is 2.20. The summed E-state index contributed by atoms with van der Waals surface area (Å²) in [5.41, 5.74) is 5.15. The second-order valence-electron chi connectivity index (χ2n) is 10.7. The summed E-state index contributed by atoms with van der Waals surface area (Å²) >= 11 is 0. The number of halogens is 2. The van der Waals surface area contributed by atoms with E-state index in [0.29, 0.717) is 17.2 Å². The molecule has 40 heavy (non-hydrogen) atoms. The number of allylic oxidation sites excluding steroid dienone is 2. The van der Waals surface area contributed by atoms with E-state index in [4.69, 9.17) is 4.74 Å². The standard InChI is InChI=1S/C36H38F2O2/c1-2-3-4-5-27-20-24-34(25-21-27)40-36(39)33-22-18-31(19-23-33)13-12-29-8-6-28(7-9-29)10-11-30-14-16-32(17-15-30)26-35(37)38/h2,6-9,12-13,18-26,30,32H,1,3-5,10-11,14-17H2/b13-12+. The molecule has 0 radical (unpaired) electrons. The van der Waals surface area contributed by atoms with E-state index in [-0.39, 0.29) is 11.9 Å². The van der Waals surface area contributed by atoms with Gasteiger partial charge in [0.25, 0.3) is 6.08 Å². The Hall–Kier alpha value is -3.79. The van der Waals surface area contributed by atoms with Gasteiger partial charge in [-0.3, -0.25) is 0 Å². The molecule has 4 heteroatoms. The summed E-state index contributed by atoms with van der Waals surface area (Å²) in [5, 5.41) is 0. The fourth-order valence-corrected chi connectivity index (χ4v) is 5.25. The van der Waals surface area contributed by atoms with Crippen LogP contribution in [-0.2, 0) is 12.8 Å². The minimum Gasteiger partial charge on any atom is -0.423 e. The number of ether oxygens (including phenoxy) is 1. The second kappa shape index (κ2) is 15.1. The van der Waals surface area contributed by atoms with Crippen LogP contribution in [0.2, 0.25) is 0 Å². The molecule has 0 aromatic heterocycles. The molecule has 1 fully saturated rings. The molecule has 1 aliphatic carbocycles. The van der Waals surface area contributed by atoms with Gasteiger partial charge in [0.2, 0.25) is 0 Å². The van der Waals surface area contributed by atoms with Crippen LogP contribution in [0.3, 0.4) is 0 Å². The number of esters is 1. The Morgan fingerprint density at radius 1 is 0.800 bits per heavy atom. The van der Waals surface area contributed by atoms with E-state index in [2.05, 4.69) is 36.9 Å². The first-order valence-corrected chi connectivity index (χ1v) is 14.3. The summed E-state index contributed by atoms with van der Waals surface area (Å²) < 4.78 is 30.5. The summed E-state index contributed by atoms with van der Waals surface area (Å²) in [6, 6.07) is 23.6. The molecule has 4 rings (SSSR count). The van der Waals surface area contributed by atoms with E-state index < -0.39 is 6.08 Å².